The van der Waals surface area contributed by atoms with Crippen LogP contribution in [0.3, 0.4) is 0 Å². The maximum absolute atomic E-state index is 11.3. The highest BCUT2D eigenvalue weighted by molar-refractivity contribution is 5.87. The van der Waals surface area contributed by atoms with Crippen molar-refractivity contribution in [1.29, 1.82) is 0 Å². The summed E-state index contributed by atoms with van der Waals surface area (Å²) in [6.07, 6.45) is 6.22. The Morgan fingerprint density at radius 3 is 2.95 bits per heavy atom. The molecule has 0 radical (unpaired) electrons. The summed E-state index contributed by atoms with van der Waals surface area (Å²) in [5.74, 6) is 0.501. The van der Waals surface area contributed by atoms with Crippen LogP contribution >= 0.6 is 0 Å². The fourth-order valence-electron chi connectivity index (χ4n) is 2.21. The number of aryl methyl sites for hydroxylation is 1. The molecule has 1 aromatic carbocycles. The fraction of sp³-hybridized carbons (Fsp3) is 0.471. The van der Waals surface area contributed by atoms with Crippen molar-refractivity contribution in [2.75, 3.05) is 13.2 Å². The summed E-state index contributed by atoms with van der Waals surface area (Å²) in [6, 6.07) is 5.81. The van der Waals surface area contributed by atoms with Crippen molar-refractivity contribution < 1.29 is 19.0 Å². The van der Waals surface area contributed by atoms with Gasteiger partial charge in [0.2, 0.25) is 0 Å². The molecule has 4 heteroatoms. The van der Waals surface area contributed by atoms with Crippen molar-refractivity contribution >= 4 is 12.0 Å². The van der Waals surface area contributed by atoms with E-state index in [-0.39, 0.29) is 12.3 Å². The maximum atomic E-state index is 11.3. The molecule has 1 saturated heterocycles. The molecule has 0 aliphatic carbocycles. The largest absolute Gasteiger partial charge is 0.465 e. The van der Waals surface area contributed by atoms with Crippen LogP contribution < -0.4 is 4.74 Å². The first kappa shape index (κ1) is 15.6. The number of rotatable bonds is 5. The highest BCUT2D eigenvalue weighted by atomic mass is 16.7. The topological polar surface area (TPSA) is 44.8 Å². The summed E-state index contributed by atoms with van der Waals surface area (Å²) in [5.41, 5.74) is 1.97. The Labute approximate surface area is 125 Å². The van der Waals surface area contributed by atoms with Crippen LogP contribution in [0.4, 0.5) is 0 Å². The van der Waals surface area contributed by atoms with Crippen LogP contribution in [0.5, 0.6) is 5.75 Å². The van der Waals surface area contributed by atoms with Gasteiger partial charge in [0, 0.05) is 12.5 Å². The van der Waals surface area contributed by atoms with Gasteiger partial charge in [-0.25, -0.2) is 4.79 Å². The van der Waals surface area contributed by atoms with Gasteiger partial charge in [-0.05, 0) is 56.0 Å². The second-order valence-corrected chi connectivity index (χ2v) is 5.02. The van der Waals surface area contributed by atoms with Gasteiger partial charge in [-0.1, -0.05) is 6.07 Å². The van der Waals surface area contributed by atoms with Crippen LogP contribution in [0, 0.1) is 6.92 Å². The lowest BCUT2D eigenvalue weighted by atomic mass is 10.1. The van der Waals surface area contributed by atoms with E-state index in [0.29, 0.717) is 6.61 Å². The van der Waals surface area contributed by atoms with Gasteiger partial charge in [0.1, 0.15) is 5.75 Å². The summed E-state index contributed by atoms with van der Waals surface area (Å²) in [6.45, 7) is 4.93. The van der Waals surface area contributed by atoms with E-state index in [0.717, 1.165) is 42.7 Å². The number of carbonyl (C=O) groups is 1. The fourth-order valence-corrected chi connectivity index (χ4v) is 2.21. The molecular weight excluding hydrogens is 268 g/mol. The summed E-state index contributed by atoms with van der Waals surface area (Å²) >= 11 is 0. The van der Waals surface area contributed by atoms with Crippen LogP contribution in [0.2, 0.25) is 0 Å². The Kier molecular flexibility index (Phi) is 5.81. The van der Waals surface area contributed by atoms with Crippen molar-refractivity contribution in [1.82, 2.24) is 0 Å². The highest BCUT2D eigenvalue weighted by Crippen LogP contribution is 2.24. The molecule has 1 heterocycles. The van der Waals surface area contributed by atoms with Crippen molar-refractivity contribution in [3.8, 4) is 5.75 Å². The first-order valence-corrected chi connectivity index (χ1v) is 7.43. The third kappa shape index (κ3) is 4.90. The van der Waals surface area contributed by atoms with Gasteiger partial charge in [0.25, 0.3) is 0 Å². The second-order valence-electron chi connectivity index (χ2n) is 5.02. The van der Waals surface area contributed by atoms with Gasteiger partial charge in [0.05, 0.1) is 13.2 Å². The van der Waals surface area contributed by atoms with Crippen LogP contribution in [0.1, 0.15) is 37.3 Å². The predicted molar refractivity (Wildman–Crippen MR) is 81.1 cm³/mol. The van der Waals surface area contributed by atoms with Crippen LogP contribution in [0.25, 0.3) is 6.08 Å². The predicted octanol–water partition coefficient (Wildman–Crippen LogP) is 3.48. The Hall–Kier alpha value is -1.81. The minimum Gasteiger partial charge on any atom is -0.465 e. The lowest BCUT2D eigenvalue weighted by molar-refractivity contribution is -0.137. The molecule has 1 aliphatic rings. The van der Waals surface area contributed by atoms with E-state index in [2.05, 4.69) is 0 Å². The molecule has 1 aliphatic heterocycles. The Bertz CT molecular complexity index is 502. The molecule has 1 aromatic rings. The Morgan fingerprint density at radius 2 is 2.29 bits per heavy atom. The van der Waals surface area contributed by atoms with Gasteiger partial charge in [-0.15, -0.1) is 0 Å². The molecule has 1 fully saturated rings. The Morgan fingerprint density at radius 1 is 1.43 bits per heavy atom. The number of hydrogen-bond donors (Lipinski definition) is 0. The summed E-state index contributed by atoms with van der Waals surface area (Å²) in [7, 11) is 0. The van der Waals surface area contributed by atoms with Crippen molar-refractivity contribution in [2.24, 2.45) is 0 Å². The zero-order valence-electron chi connectivity index (χ0n) is 12.6. The van der Waals surface area contributed by atoms with E-state index in [1.54, 1.807) is 13.0 Å². The van der Waals surface area contributed by atoms with Crippen LogP contribution in [-0.2, 0) is 14.3 Å². The van der Waals surface area contributed by atoms with E-state index in [1.807, 2.05) is 25.1 Å². The quantitative estimate of drug-likeness (QED) is 0.615. The van der Waals surface area contributed by atoms with E-state index < -0.39 is 0 Å². The lowest BCUT2D eigenvalue weighted by Gasteiger charge is -2.24. The smallest absolute Gasteiger partial charge is 0.330 e. The third-order valence-electron chi connectivity index (χ3n) is 3.29. The maximum Gasteiger partial charge on any atom is 0.330 e. The van der Waals surface area contributed by atoms with Crippen molar-refractivity contribution in [3.63, 3.8) is 0 Å². The first-order valence-electron chi connectivity index (χ1n) is 7.43. The number of carbonyl (C=O) groups excluding carboxylic acids is 1. The summed E-state index contributed by atoms with van der Waals surface area (Å²) in [4.78, 5) is 11.3. The minimum absolute atomic E-state index is 0.140. The normalized spacial score (nSPS) is 18.7. The number of ether oxygens (including phenoxy) is 3. The zero-order valence-corrected chi connectivity index (χ0v) is 12.6. The summed E-state index contributed by atoms with van der Waals surface area (Å²) in [5, 5.41) is 0. The average molecular weight is 290 g/mol. The number of esters is 1. The minimum atomic E-state index is -0.328. The van der Waals surface area contributed by atoms with Gasteiger partial charge in [0.15, 0.2) is 6.29 Å². The first-order chi connectivity index (χ1) is 10.2. The number of hydrogen-bond acceptors (Lipinski definition) is 4. The Balaban J connectivity index is 1.98. The van der Waals surface area contributed by atoms with E-state index in [1.165, 1.54) is 6.08 Å². The molecule has 0 saturated carbocycles. The molecule has 0 spiro atoms. The molecule has 0 amide bonds. The van der Waals surface area contributed by atoms with E-state index >= 15 is 0 Å². The molecule has 2 rings (SSSR count). The molecule has 0 aromatic heterocycles. The SMILES string of the molecule is CCOC(=O)/C=C/c1ccc(OC2CCCCO2)c(C)c1. The second kappa shape index (κ2) is 7.84. The summed E-state index contributed by atoms with van der Waals surface area (Å²) < 4.78 is 16.3. The third-order valence-corrected chi connectivity index (χ3v) is 3.29. The average Bonchev–Trinajstić information content (AvgIpc) is 2.49. The van der Waals surface area contributed by atoms with E-state index in [4.69, 9.17) is 14.2 Å². The monoisotopic (exact) mass is 290 g/mol. The molecule has 4 nitrogen and oxygen atoms in total. The molecule has 21 heavy (non-hydrogen) atoms. The van der Waals surface area contributed by atoms with Gasteiger partial charge in [-0.3, -0.25) is 0 Å². The molecular formula is C17H22O4. The van der Waals surface area contributed by atoms with Crippen LogP contribution in [-0.4, -0.2) is 25.5 Å². The van der Waals surface area contributed by atoms with E-state index in [9.17, 15) is 4.79 Å². The van der Waals surface area contributed by atoms with Crippen molar-refractivity contribution in [3.05, 3.63) is 35.4 Å². The lowest BCUT2D eigenvalue weighted by Crippen LogP contribution is -2.25. The van der Waals surface area contributed by atoms with Crippen molar-refractivity contribution in [2.45, 2.75) is 39.4 Å². The van der Waals surface area contributed by atoms with Gasteiger partial charge < -0.3 is 14.2 Å². The molecule has 0 bridgehead atoms. The zero-order chi connectivity index (χ0) is 15.1. The standard InChI is InChI=1S/C17H22O4/c1-3-19-16(18)10-8-14-7-9-15(13(2)12-14)21-17-6-4-5-11-20-17/h7-10,12,17H,3-6,11H2,1-2H3/b10-8+. The molecule has 1 unspecified atom stereocenters. The highest BCUT2D eigenvalue weighted by Gasteiger charge is 2.16. The van der Waals surface area contributed by atoms with Crippen LogP contribution in [0.15, 0.2) is 24.3 Å². The van der Waals surface area contributed by atoms with Gasteiger partial charge >= 0.3 is 5.97 Å². The van der Waals surface area contributed by atoms with Gasteiger partial charge in [-0.2, -0.15) is 0 Å². The molecule has 1 atom stereocenters. The number of benzene rings is 1. The molecule has 114 valence electrons. The molecule has 0 N–H and O–H groups in total.